The smallest absolute Gasteiger partial charge is 0.267 e. The van der Waals surface area contributed by atoms with Gasteiger partial charge in [0.05, 0.1) is 28.4 Å². The van der Waals surface area contributed by atoms with E-state index in [1.54, 1.807) is 73.7 Å². The third-order valence-electron chi connectivity index (χ3n) is 6.52. The maximum Gasteiger partial charge on any atom is 0.267 e. The second kappa shape index (κ2) is 13.1. The van der Waals surface area contributed by atoms with Crippen LogP contribution < -0.4 is 25.0 Å². The number of rotatable bonds is 10. The Hall–Kier alpha value is -5.66. The minimum Gasteiger partial charge on any atom is -0.492 e. The van der Waals surface area contributed by atoms with Crippen LogP contribution >= 0.6 is 11.6 Å². The topological polar surface area (TPSA) is 121 Å². The van der Waals surface area contributed by atoms with E-state index in [2.05, 4.69) is 10.6 Å². The molecule has 3 amide bonds. The molecule has 9 nitrogen and oxygen atoms in total. The summed E-state index contributed by atoms with van der Waals surface area (Å²) in [6, 6.07) is 23.7. The van der Waals surface area contributed by atoms with Crippen molar-refractivity contribution in [3.8, 4) is 17.6 Å². The average molecular weight is 611 g/mol. The van der Waals surface area contributed by atoms with Crippen molar-refractivity contribution in [3.63, 3.8) is 0 Å². The van der Waals surface area contributed by atoms with Crippen molar-refractivity contribution >= 4 is 46.4 Å². The predicted molar refractivity (Wildman–Crippen MR) is 163 cm³/mol. The standard InChI is InChI=1S/C33H24ClFN4O5/c1-2-43-30-16-23(10-12-28(30)39-32(41)25-8-3-4-9-26(25)33(39)42)37-18-21(17-36)31(40)38-24-11-13-29(27(34)15-24)44-19-20-6-5-7-22(35)14-20/h3-16,18,37H,2,19H2,1H3,(H,38,40). The first-order chi connectivity index (χ1) is 21.3. The third kappa shape index (κ3) is 6.38. The number of benzene rings is 4. The summed E-state index contributed by atoms with van der Waals surface area (Å²) < 4.78 is 24.8. The van der Waals surface area contributed by atoms with Gasteiger partial charge in [0.25, 0.3) is 17.7 Å². The van der Waals surface area contributed by atoms with Crippen molar-refractivity contribution in [2.45, 2.75) is 13.5 Å². The van der Waals surface area contributed by atoms with Gasteiger partial charge in [-0.1, -0.05) is 35.9 Å². The van der Waals surface area contributed by atoms with Gasteiger partial charge >= 0.3 is 0 Å². The van der Waals surface area contributed by atoms with Crippen molar-refractivity contribution in [2.75, 3.05) is 22.1 Å². The van der Waals surface area contributed by atoms with Crippen LogP contribution in [-0.2, 0) is 11.4 Å². The second-order valence-electron chi connectivity index (χ2n) is 9.44. The number of fused-ring (bicyclic) bond motifs is 1. The van der Waals surface area contributed by atoms with E-state index in [1.165, 1.54) is 24.4 Å². The Bertz CT molecular complexity index is 1820. The first-order valence-corrected chi connectivity index (χ1v) is 13.8. The Kier molecular flexibility index (Phi) is 8.88. The van der Waals surface area contributed by atoms with Gasteiger partial charge in [-0.3, -0.25) is 14.4 Å². The Morgan fingerprint density at radius 1 is 0.932 bits per heavy atom. The minimum absolute atomic E-state index is 0.0977. The molecule has 1 aliphatic rings. The molecule has 0 saturated heterocycles. The molecule has 4 aromatic carbocycles. The van der Waals surface area contributed by atoms with Gasteiger partial charge in [-0.2, -0.15) is 5.26 Å². The summed E-state index contributed by atoms with van der Waals surface area (Å²) in [7, 11) is 0. The molecule has 11 heteroatoms. The van der Waals surface area contributed by atoms with Crippen LogP contribution in [0.1, 0.15) is 33.2 Å². The Morgan fingerprint density at radius 2 is 1.66 bits per heavy atom. The Labute approximate surface area is 257 Å². The lowest BCUT2D eigenvalue weighted by atomic mass is 10.1. The van der Waals surface area contributed by atoms with E-state index in [0.717, 1.165) is 4.90 Å². The van der Waals surface area contributed by atoms with Crippen LogP contribution in [0.25, 0.3) is 0 Å². The van der Waals surface area contributed by atoms with Crippen molar-refractivity contribution in [1.82, 2.24) is 0 Å². The zero-order chi connectivity index (χ0) is 31.2. The Balaban J connectivity index is 1.26. The maximum absolute atomic E-state index is 13.4. The molecule has 0 aromatic heterocycles. The van der Waals surface area contributed by atoms with Crippen LogP contribution in [-0.4, -0.2) is 24.3 Å². The normalized spacial score (nSPS) is 12.4. The highest BCUT2D eigenvalue weighted by Gasteiger charge is 2.37. The highest BCUT2D eigenvalue weighted by atomic mass is 35.5. The molecule has 1 heterocycles. The molecule has 1 aliphatic heterocycles. The van der Waals surface area contributed by atoms with Crippen molar-refractivity contribution in [1.29, 1.82) is 5.26 Å². The highest BCUT2D eigenvalue weighted by Crippen LogP contribution is 2.37. The van der Waals surface area contributed by atoms with Gasteiger partial charge in [-0.25, -0.2) is 9.29 Å². The number of imide groups is 1. The Morgan fingerprint density at radius 3 is 2.32 bits per heavy atom. The van der Waals surface area contributed by atoms with E-state index in [-0.39, 0.29) is 41.1 Å². The lowest BCUT2D eigenvalue weighted by molar-refractivity contribution is -0.112. The van der Waals surface area contributed by atoms with Crippen LogP contribution in [0, 0.1) is 17.1 Å². The molecule has 4 aromatic rings. The molecule has 5 rings (SSSR count). The fourth-order valence-corrected chi connectivity index (χ4v) is 4.69. The number of carbonyl (C=O) groups excluding carboxylic acids is 3. The number of hydrogen-bond donors (Lipinski definition) is 2. The number of nitrogens with zero attached hydrogens (tertiary/aromatic N) is 2. The molecule has 0 fully saturated rings. The van der Waals surface area contributed by atoms with Crippen LogP contribution in [0.3, 0.4) is 0 Å². The number of nitriles is 1. The lowest BCUT2D eigenvalue weighted by Gasteiger charge is -2.19. The third-order valence-corrected chi connectivity index (χ3v) is 6.81. The largest absolute Gasteiger partial charge is 0.492 e. The molecule has 44 heavy (non-hydrogen) atoms. The average Bonchev–Trinajstić information content (AvgIpc) is 3.26. The van der Waals surface area contributed by atoms with Crippen LogP contribution in [0.15, 0.2) is 96.7 Å². The molecule has 0 bridgehead atoms. The van der Waals surface area contributed by atoms with E-state index < -0.39 is 17.7 Å². The molecule has 0 atom stereocenters. The number of halogens is 2. The number of nitrogens with one attached hydrogen (secondary N) is 2. The number of carbonyl (C=O) groups is 3. The highest BCUT2D eigenvalue weighted by molar-refractivity contribution is 6.35. The second-order valence-corrected chi connectivity index (χ2v) is 9.85. The first kappa shape index (κ1) is 29.8. The summed E-state index contributed by atoms with van der Waals surface area (Å²) in [5, 5.41) is 15.3. The predicted octanol–water partition coefficient (Wildman–Crippen LogP) is 6.72. The first-order valence-electron chi connectivity index (χ1n) is 13.4. The van der Waals surface area contributed by atoms with Crippen LogP contribution in [0.5, 0.6) is 11.5 Å². The van der Waals surface area contributed by atoms with Gasteiger partial charge < -0.3 is 20.1 Å². The zero-order valence-corrected chi connectivity index (χ0v) is 24.0. The fraction of sp³-hybridized carbons (Fsp3) is 0.0909. The van der Waals surface area contributed by atoms with Gasteiger partial charge in [0.2, 0.25) is 0 Å². The summed E-state index contributed by atoms with van der Waals surface area (Å²) >= 11 is 6.31. The summed E-state index contributed by atoms with van der Waals surface area (Å²) in [4.78, 5) is 39.9. The van der Waals surface area contributed by atoms with Gasteiger partial charge in [0, 0.05) is 23.6 Å². The minimum atomic E-state index is -0.697. The fourth-order valence-electron chi connectivity index (χ4n) is 4.45. The van der Waals surface area contributed by atoms with Crippen molar-refractivity contribution in [2.24, 2.45) is 0 Å². The molecule has 0 saturated carbocycles. The molecule has 0 spiro atoms. The SMILES string of the molecule is CCOc1cc(NC=C(C#N)C(=O)Nc2ccc(OCc3cccc(F)c3)c(Cl)c2)ccc1N1C(=O)c2ccccc2C1=O. The monoisotopic (exact) mass is 610 g/mol. The quantitative estimate of drug-likeness (QED) is 0.116. The van der Waals surface area contributed by atoms with Crippen molar-refractivity contribution < 1.29 is 28.2 Å². The molecule has 0 unspecified atom stereocenters. The molecule has 220 valence electrons. The van der Waals surface area contributed by atoms with Gasteiger partial charge in [0.15, 0.2) is 0 Å². The van der Waals surface area contributed by atoms with Gasteiger partial charge in [0.1, 0.15) is 35.6 Å². The van der Waals surface area contributed by atoms with Gasteiger partial charge in [-0.15, -0.1) is 0 Å². The number of anilines is 3. The lowest BCUT2D eigenvalue weighted by Crippen LogP contribution is -2.29. The molecule has 0 radical (unpaired) electrons. The molecule has 0 aliphatic carbocycles. The number of ether oxygens (including phenoxy) is 2. The van der Waals surface area contributed by atoms with Gasteiger partial charge in [-0.05, 0) is 67.1 Å². The number of amides is 3. The zero-order valence-electron chi connectivity index (χ0n) is 23.3. The summed E-state index contributed by atoms with van der Waals surface area (Å²) in [6.07, 6.45) is 1.22. The van der Waals surface area contributed by atoms with E-state index in [1.807, 2.05) is 6.07 Å². The van der Waals surface area contributed by atoms with E-state index in [9.17, 15) is 24.0 Å². The summed E-state index contributed by atoms with van der Waals surface area (Å²) in [5.74, 6) is -1.39. The van der Waals surface area contributed by atoms with Crippen LogP contribution in [0.2, 0.25) is 5.02 Å². The number of hydrogen-bond acceptors (Lipinski definition) is 7. The summed E-state index contributed by atoms with van der Waals surface area (Å²) in [6.45, 7) is 2.12. The van der Waals surface area contributed by atoms with Crippen molar-refractivity contribution in [3.05, 3.63) is 124 Å². The van der Waals surface area contributed by atoms with Crippen LogP contribution in [0.4, 0.5) is 21.5 Å². The van der Waals surface area contributed by atoms with E-state index >= 15 is 0 Å². The molecular formula is C33H24ClFN4O5. The van der Waals surface area contributed by atoms with E-state index in [4.69, 9.17) is 21.1 Å². The molecule has 2 N–H and O–H groups in total. The maximum atomic E-state index is 13.4. The molecular weight excluding hydrogens is 587 g/mol. The van der Waals surface area contributed by atoms with E-state index in [0.29, 0.717) is 33.8 Å². The summed E-state index contributed by atoms with van der Waals surface area (Å²) in [5.41, 5.74) is 2.03.